The van der Waals surface area contributed by atoms with Gasteiger partial charge in [0.1, 0.15) is 18.6 Å². The van der Waals surface area contributed by atoms with Crippen molar-refractivity contribution in [1.82, 2.24) is 4.98 Å². The van der Waals surface area contributed by atoms with Gasteiger partial charge in [-0.25, -0.2) is 9.78 Å². The minimum absolute atomic E-state index is 0.0767. The van der Waals surface area contributed by atoms with Crippen molar-refractivity contribution in [1.29, 1.82) is 0 Å². The molecule has 2 aromatic rings. The average molecular weight is 366 g/mol. The molecule has 1 heterocycles. The van der Waals surface area contributed by atoms with Crippen LogP contribution < -0.4 is 5.32 Å². The van der Waals surface area contributed by atoms with Crippen molar-refractivity contribution in [3.05, 3.63) is 62.7 Å². The Hall–Kier alpha value is -2.48. The average Bonchev–Trinajstić information content (AvgIpc) is 2.52. The number of anilines is 1. The Morgan fingerprint density at radius 1 is 1.27 bits per heavy atom. The van der Waals surface area contributed by atoms with Gasteiger partial charge < -0.3 is 10.1 Å². The maximum Gasteiger partial charge on any atom is 0.338 e. The summed E-state index contributed by atoms with van der Waals surface area (Å²) in [6.45, 7) is 0.515. The van der Waals surface area contributed by atoms with Gasteiger partial charge in [-0.2, -0.15) is 0 Å². The zero-order valence-corrected chi connectivity index (χ0v) is 12.9. The molecule has 0 amide bonds. The summed E-state index contributed by atoms with van der Waals surface area (Å²) >= 11 is 3.29. The quantitative estimate of drug-likeness (QED) is 0.366. The molecular formula is C14H12BrN3O4. The summed E-state index contributed by atoms with van der Waals surface area (Å²) in [6.07, 6.45) is 1.16. The van der Waals surface area contributed by atoms with Crippen LogP contribution in [0.25, 0.3) is 0 Å². The zero-order valence-electron chi connectivity index (χ0n) is 11.4. The first kappa shape index (κ1) is 15.9. The highest BCUT2D eigenvalue weighted by Crippen LogP contribution is 2.12. The van der Waals surface area contributed by atoms with E-state index >= 15 is 0 Å². The molecule has 0 aliphatic carbocycles. The van der Waals surface area contributed by atoms with Crippen molar-refractivity contribution in [3.63, 3.8) is 0 Å². The number of rotatable bonds is 6. The summed E-state index contributed by atoms with van der Waals surface area (Å²) < 4.78 is 5.98. The summed E-state index contributed by atoms with van der Waals surface area (Å²) in [5.41, 5.74) is 0.392. The zero-order chi connectivity index (χ0) is 15.9. The Bertz CT molecular complexity index is 659. The highest BCUT2D eigenvalue weighted by Gasteiger charge is 2.07. The van der Waals surface area contributed by atoms with Gasteiger partial charge in [0.2, 0.25) is 0 Å². The molecule has 1 N–H and O–H groups in total. The summed E-state index contributed by atoms with van der Waals surface area (Å²) in [5, 5.41) is 13.4. The van der Waals surface area contributed by atoms with Gasteiger partial charge in [0, 0.05) is 10.5 Å². The predicted molar refractivity (Wildman–Crippen MR) is 83.8 cm³/mol. The van der Waals surface area contributed by atoms with Gasteiger partial charge >= 0.3 is 5.97 Å². The third-order valence-electron chi connectivity index (χ3n) is 2.68. The molecular weight excluding hydrogens is 354 g/mol. The molecule has 7 nitrogen and oxygen atoms in total. The van der Waals surface area contributed by atoms with Crippen LogP contribution >= 0.6 is 15.9 Å². The number of ether oxygens (including phenoxy) is 1. The fourth-order valence-electron chi connectivity index (χ4n) is 1.59. The lowest BCUT2D eigenvalue weighted by Gasteiger charge is -2.07. The number of benzene rings is 1. The number of nitrogens with zero attached hydrogens (tertiary/aromatic N) is 2. The molecule has 0 saturated carbocycles. The second kappa shape index (κ2) is 7.51. The minimum atomic E-state index is -0.517. The molecule has 0 aliphatic rings. The van der Waals surface area contributed by atoms with E-state index < -0.39 is 10.9 Å². The van der Waals surface area contributed by atoms with Crippen LogP contribution in [0.15, 0.2) is 47.1 Å². The number of esters is 1. The van der Waals surface area contributed by atoms with E-state index in [2.05, 4.69) is 26.2 Å². The third-order valence-corrected chi connectivity index (χ3v) is 3.21. The SMILES string of the molecule is O=C(OCCNc1ccc([N+](=O)[O-])cn1)c1ccc(Br)cc1. The van der Waals surface area contributed by atoms with Crippen molar-refractivity contribution in [3.8, 4) is 0 Å². The van der Waals surface area contributed by atoms with E-state index in [0.717, 1.165) is 10.7 Å². The van der Waals surface area contributed by atoms with E-state index in [1.54, 1.807) is 24.3 Å². The van der Waals surface area contributed by atoms with Crippen molar-refractivity contribution in [2.45, 2.75) is 0 Å². The third kappa shape index (κ3) is 4.52. The molecule has 0 spiro atoms. The number of aromatic nitrogens is 1. The molecule has 1 aromatic heterocycles. The minimum Gasteiger partial charge on any atom is -0.460 e. The summed E-state index contributed by atoms with van der Waals surface area (Å²) in [6, 6.07) is 9.69. The Morgan fingerprint density at radius 2 is 2.00 bits per heavy atom. The van der Waals surface area contributed by atoms with Gasteiger partial charge in [0.05, 0.1) is 17.0 Å². The van der Waals surface area contributed by atoms with Gasteiger partial charge in [0.15, 0.2) is 0 Å². The van der Waals surface area contributed by atoms with Crippen molar-refractivity contribution >= 4 is 33.4 Å². The lowest BCUT2D eigenvalue weighted by atomic mass is 10.2. The Labute approximate surface area is 134 Å². The molecule has 0 bridgehead atoms. The van der Waals surface area contributed by atoms with Gasteiger partial charge in [-0.1, -0.05) is 15.9 Å². The fourth-order valence-corrected chi connectivity index (χ4v) is 1.86. The van der Waals surface area contributed by atoms with Crippen molar-refractivity contribution in [2.75, 3.05) is 18.5 Å². The number of nitrogens with one attached hydrogen (secondary N) is 1. The number of pyridine rings is 1. The Morgan fingerprint density at radius 3 is 2.59 bits per heavy atom. The van der Waals surface area contributed by atoms with Crippen LogP contribution in [0.5, 0.6) is 0 Å². The maximum absolute atomic E-state index is 11.7. The normalized spacial score (nSPS) is 10.0. The van der Waals surface area contributed by atoms with Crippen molar-refractivity contribution in [2.24, 2.45) is 0 Å². The number of halogens is 1. The van der Waals surface area contributed by atoms with Crippen LogP contribution in [-0.4, -0.2) is 29.0 Å². The molecule has 0 atom stereocenters. The van der Waals surface area contributed by atoms with Crippen LogP contribution in [0, 0.1) is 10.1 Å². The molecule has 1 aromatic carbocycles. The van der Waals surface area contributed by atoms with Crippen molar-refractivity contribution < 1.29 is 14.5 Å². The molecule has 0 saturated heterocycles. The van der Waals surface area contributed by atoms with Gasteiger partial charge in [-0.15, -0.1) is 0 Å². The second-order valence-electron chi connectivity index (χ2n) is 4.23. The highest BCUT2D eigenvalue weighted by atomic mass is 79.9. The van der Waals surface area contributed by atoms with Crippen LogP contribution in [0.2, 0.25) is 0 Å². The molecule has 0 aliphatic heterocycles. The Balaban J connectivity index is 1.75. The van der Waals surface area contributed by atoms with Gasteiger partial charge in [-0.05, 0) is 30.3 Å². The van der Waals surface area contributed by atoms with Gasteiger partial charge in [0.25, 0.3) is 5.69 Å². The standard InChI is InChI=1S/C14H12BrN3O4/c15-11-3-1-10(2-4-11)14(19)22-8-7-16-13-6-5-12(9-17-13)18(20)21/h1-6,9H,7-8H2,(H,16,17). The van der Waals surface area contributed by atoms with E-state index in [1.807, 2.05) is 0 Å². The fraction of sp³-hybridized carbons (Fsp3) is 0.143. The van der Waals surface area contributed by atoms with Crippen LogP contribution in [0.1, 0.15) is 10.4 Å². The maximum atomic E-state index is 11.7. The monoisotopic (exact) mass is 365 g/mol. The molecule has 0 fully saturated rings. The van der Waals surface area contributed by atoms with E-state index in [9.17, 15) is 14.9 Å². The number of carbonyl (C=O) groups excluding carboxylic acids is 1. The lowest BCUT2D eigenvalue weighted by molar-refractivity contribution is -0.385. The smallest absolute Gasteiger partial charge is 0.338 e. The topological polar surface area (TPSA) is 94.4 Å². The van der Waals surface area contributed by atoms with Crippen LogP contribution in [0.3, 0.4) is 0 Å². The summed E-state index contributed by atoms with van der Waals surface area (Å²) in [4.78, 5) is 25.6. The predicted octanol–water partition coefficient (Wildman–Crippen LogP) is 3.02. The van der Waals surface area contributed by atoms with Crippen LogP contribution in [0.4, 0.5) is 11.5 Å². The molecule has 0 unspecified atom stereocenters. The van der Waals surface area contributed by atoms with E-state index in [0.29, 0.717) is 17.9 Å². The van der Waals surface area contributed by atoms with Crippen LogP contribution in [-0.2, 0) is 4.74 Å². The Kier molecular flexibility index (Phi) is 5.42. The number of carbonyl (C=O) groups is 1. The molecule has 114 valence electrons. The number of nitro groups is 1. The molecule has 2 rings (SSSR count). The first-order valence-electron chi connectivity index (χ1n) is 6.33. The second-order valence-corrected chi connectivity index (χ2v) is 5.14. The summed E-state index contributed by atoms with van der Waals surface area (Å²) in [7, 11) is 0. The first-order chi connectivity index (χ1) is 10.6. The van der Waals surface area contributed by atoms with Gasteiger partial charge in [-0.3, -0.25) is 10.1 Å². The first-order valence-corrected chi connectivity index (χ1v) is 7.12. The molecule has 0 radical (unpaired) electrons. The molecule has 22 heavy (non-hydrogen) atoms. The number of hydrogen-bond donors (Lipinski definition) is 1. The molecule has 8 heteroatoms. The summed E-state index contributed by atoms with van der Waals surface area (Å²) in [5.74, 6) is 0.0660. The highest BCUT2D eigenvalue weighted by molar-refractivity contribution is 9.10. The van der Waals surface area contributed by atoms with E-state index in [4.69, 9.17) is 4.74 Å². The largest absolute Gasteiger partial charge is 0.460 e. The van der Waals surface area contributed by atoms with E-state index in [1.165, 1.54) is 12.1 Å². The number of hydrogen-bond acceptors (Lipinski definition) is 6. The van der Waals surface area contributed by atoms with E-state index in [-0.39, 0.29) is 12.3 Å². The lowest BCUT2D eigenvalue weighted by Crippen LogP contribution is -2.14.